The molecule has 1 rings (SSSR count). The third kappa shape index (κ3) is 3.63. The summed E-state index contributed by atoms with van der Waals surface area (Å²) < 4.78 is 10.1. The minimum Gasteiger partial charge on any atom is -0.490 e. The third-order valence-corrected chi connectivity index (χ3v) is 2.42. The van der Waals surface area contributed by atoms with Crippen molar-refractivity contribution in [1.82, 2.24) is 0 Å². The zero-order chi connectivity index (χ0) is 12.8. The molecule has 0 saturated heterocycles. The Morgan fingerprint density at radius 3 is 2.71 bits per heavy atom. The van der Waals surface area contributed by atoms with Crippen LogP contribution in [0.2, 0.25) is 0 Å². The Hall–Kier alpha value is -1.77. The van der Waals surface area contributed by atoms with Crippen molar-refractivity contribution in [1.29, 1.82) is 0 Å². The summed E-state index contributed by atoms with van der Waals surface area (Å²) in [5, 5.41) is 0. The zero-order valence-corrected chi connectivity index (χ0v) is 10.7. The average Bonchev–Trinajstić information content (AvgIpc) is 2.29. The molecule has 0 bridgehead atoms. The fourth-order valence-corrected chi connectivity index (χ4v) is 1.61. The Bertz CT molecular complexity index is 480. The molecule has 0 amide bonds. The molecule has 0 saturated carbocycles. The van der Waals surface area contributed by atoms with E-state index in [0.717, 1.165) is 5.57 Å². The maximum absolute atomic E-state index is 11.5. The molecule has 0 fully saturated rings. The lowest BCUT2D eigenvalue weighted by Gasteiger charge is -2.06. The van der Waals surface area contributed by atoms with Gasteiger partial charge in [0.1, 0.15) is 5.76 Å². The molecule has 0 N–H and O–H groups in total. The number of rotatable bonds is 4. The number of ether oxygens (including phenoxy) is 1. The summed E-state index contributed by atoms with van der Waals surface area (Å²) in [7, 11) is 1.45. The second-order valence-corrected chi connectivity index (χ2v) is 3.89. The van der Waals surface area contributed by atoms with E-state index in [-0.39, 0.29) is 11.7 Å². The van der Waals surface area contributed by atoms with Gasteiger partial charge in [0.25, 0.3) is 0 Å². The Morgan fingerprint density at radius 2 is 2.18 bits per heavy atom. The highest BCUT2D eigenvalue weighted by Gasteiger charge is 2.08. The van der Waals surface area contributed by atoms with Gasteiger partial charge >= 0.3 is 5.63 Å². The molecular formula is C14H18O3. The second kappa shape index (κ2) is 6.09. The maximum Gasteiger partial charge on any atom is 0.378 e. The third-order valence-electron chi connectivity index (χ3n) is 2.42. The Labute approximate surface area is 101 Å². The largest absolute Gasteiger partial charge is 0.490 e. The average molecular weight is 234 g/mol. The van der Waals surface area contributed by atoms with Gasteiger partial charge < -0.3 is 9.15 Å². The van der Waals surface area contributed by atoms with Crippen molar-refractivity contribution in [3.05, 3.63) is 52.1 Å². The highest BCUT2D eigenvalue weighted by atomic mass is 16.5. The number of methoxy groups -OCH3 is 1. The monoisotopic (exact) mass is 234 g/mol. The van der Waals surface area contributed by atoms with E-state index < -0.39 is 5.63 Å². The smallest absolute Gasteiger partial charge is 0.378 e. The van der Waals surface area contributed by atoms with Gasteiger partial charge in [0.2, 0.25) is 5.75 Å². The molecule has 1 aromatic heterocycles. The predicted octanol–water partition coefficient (Wildman–Crippen LogP) is 3.27. The molecule has 0 radical (unpaired) electrons. The van der Waals surface area contributed by atoms with E-state index >= 15 is 0 Å². The van der Waals surface area contributed by atoms with E-state index in [0.29, 0.717) is 5.76 Å². The van der Waals surface area contributed by atoms with Crippen LogP contribution in [0, 0.1) is 0 Å². The first-order valence-corrected chi connectivity index (χ1v) is 5.57. The number of hydrogen-bond donors (Lipinski definition) is 0. The molecule has 3 nitrogen and oxygen atoms in total. The molecule has 1 heterocycles. The number of allylic oxidation sites excluding steroid dienone is 4. The van der Waals surface area contributed by atoms with Crippen LogP contribution in [0.25, 0.3) is 0 Å². The van der Waals surface area contributed by atoms with E-state index in [1.54, 1.807) is 12.1 Å². The zero-order valence-electron chi connectivity index (χ0n) is 10.7. The highest BCUT2D eigenvalue weighted by molar-refractivity contribution is 5.24. The predicted molar refractivity (Wildman–Crippen MR) is 68.5 cm³/mol. The van der Waals surface area contributed by atoms with Crippen molar-refractivity contribution in [3.8, 4) is 5.75 Å². The standard InChI is InChI=1S/C14H18O3/c1-5-6-10(2)9-11(3)12-7-8-13(16-4)14(15)17-12/h5-9,11H,1-4H3/b6-5+,10-9+. The van der Waals surface area contributed by atoms with Gasteiger partial charge in [0, 0.05) is 5.92 Å². The first-order chi connectivity index (χ1) is 8.08. The van der Waals surface area contributed by atoms with E-state index in [1.807, 2.05) is 39.0 Å². The lowest BCUT2D eigenvalue weighted by Crippen LogP contribution is -2.05. The Balaban J connectivity index is 2.98. The van der Waals surface area contributed by atoms with E-state index in [9.17, 15) is 4.79 Å². The first kappa shape index (κ1) is 13.3. The van der Waals surface area contributed by atoms with Crippen LogP contribution in [0.15, 0.2) is 45.1 Å². The lowest BCUT2D eigenvalue weighted by molar-refractivity contribution is 0.362. The SMILES string of the molecule is C/C=C/C(C)=C/C(C)c1ccc(OC)c(=O)o1. The second-order valence-electron chi connectivity index (χ2n) is 3.89. The molecule has 1 unspecified atom stereocenters. The van der Waals surface area contributed by atoms with Gasteiger partial charge in [-0.25, -0.2) is 4.79 Å². The van der Waals surface area contributed by atoms with Crippen LogP contribution in [-0.2, 0) is 0 Å². The molecule has 0 spiro atoms. The van der Waals surface area contributed by atoms with Crippen LogP contribution in [0.3, 0.4) is 0 Å². The summed E-state index contributed by atoms with van der Waals surface area (Å²) in [6, 6.07) is 3.40. The molecule has 92 valence electrons. The fraction of sp³-hybridized carbons (Fsp3) is 0.357. The topological polar surface area (TPSA) is 39.4 Å². The van der Waals surface area contributed by atoms with Gasteiger partial charge in [-0.2, -0.15) is 0 Å². The molecule has 3 heteroatoms. The first-order valence-electron chi connectivity index (χ1n) is 5.57. The molecule has 1 atom stereocenters. The number of hydrogen-bond acceptors (Lipinski definition) is 3. The van der Waals surface area contributed by atoms with Crippen LogP contribution in [-0.4, -0.2) is 7.11 Å². The van der Waals surface area contributed by atoms with Crippen molar-refractivity contribution in [2.45, 2.75) is 26.7 Å². The molecule has 0 aliphatic rings. The van der Waals surface area contributed by atoms with Crippen LogP contribution in [0.5, 0.6) is 5.75 Å². The molecular weight excluding hydrogens is 216 g/mol. The summed E-state index contributed by atoms with van der Waals surface area (Å²) in [5.41, 5.74) is 0.701. The van der Waals surface area contributed by atoms with E-state index in [2.05, 4.69) is 0 Å². The minimum absolute atomic E-state index is 0.0600. The van der Waals surface area contributed by atoms with E-state index in [1.165, 1.54) is 7.11 Å². The summed E-state index contributed by atoms with van der Waals surface area (Å²) in [6.07, 6.45) is 6.03. The van der Waals surface area contributed by atoms with Crippen molar-refractivity contribution in [3.63, 3.8) is 0 Å². The van der Waals surface area contributed by atoms with Crippen molar-refractivity contribution in [2.75, 3.05) is 7.11 Å². The van der Waals surface area contributed by atoms with Gasteiger partial charge in [0.05, 0.1) is 7.11 Å². The van der Waals surface area contributed by atoms with Crippen molar-refractivity contribution in [2.24, 2.45) is 0 Å². The normalized spacial score (nSPS) is 14.0. The lowest BCUT2D eigenvalue weighted by atomic mass is 10.0. The summed E-state index contributed by atoms with van der Waals surface area (Å²) in [5.74, 6) is 0.930. The van der Waals surface area contributed by atoms with Gasteiger partial charge in [-0.1, -0.05) is 30.7 Å². The molecule has 0 aliphatic heterocycles. The van der Waals surface area contributed by atoms with Crippen molar-refractivity contribution >= 4 is 0 Å². The van der Waals surface area contributed by atoms with Crippen molar-refractivity contribution < 1.29 is 9.15 Å². The molecule has 0 aliphatic carbocycles. The van der Waals surface area contributed by atoms with Crippen LogP contribution in [0.1, 0.15) is 32.4 Å². The summed E-state index contributed by atoms with van der Waals surface area (Å²) in [4.78, 5) is 11.5. The van der Waals surface area contributed by atoms with Gasteiger partial charge in [-0.05, 0) is 26.0 Å². The van der Waals surface area contributed by atoms with Crippen LogP contribution in [0.4, 0.5) is 0 Å². The molecule has 17 heavy (non-hydrogen) atoms. The fourth-order valence-electron chi connectivity index (χ4n) is 1.61. The molecule has 0 aromatic carbocycles. The van der Waals surface area contributed by atoms with Gasteiger partial charge in [0.15, 0.2) is 0 Å². The van der Waals surface area contributed by atoms with Gasteiger partial charge in [-0.15, -0.1) is 0 Å². The van der Waals surface area contributed by atoms with Crippen LogP contribution < -0.4 is 10.4 Å². The summed E-state index contributed by atoms with van der Waals surface area (Å²) >= 11 is 0. The van der Waals surface area contributed by atoms with Gasteiger partial charge in [-0.3, -0.25) is 0 Å². The summed E-state index contributed by atoms with van der Waals surface area (Å²) in [6.45, 7) is 5.96. The highest BCUT2D eigenvalue weighted by Crippen LogP contribution is 2.18. The van der Waals surface area contributed by atoms with Crippen LogP contribution >= 0.6 is 0 Å². The molecule has 1 aromatic rings. The quantitative estimate of drug-likeness (QED) is 0.750. The maximum atomic E-state index is 11.5. The Kier molecular flexibility index (Phi) is 4.76. The van der Waals surface area contributed by atoms with E-state index in [4.69, 9.17) is 9.15 Å². The Morgan fingerprint density at radius 1 is 1.47 bits per heavy atom. The minimum atomic E-state index is -0.436.